The van der Waals surface area contributed by atoms with E-state index in [1.54, 1.807) is 7.05 Å². The fraction of sp³-hybridized carbons (Fsp3) is 0.619. The highest BCUT2D eigenvalue weighted by Gasteiger charge is 2.16. The van der Waals surface area contributed by atoms with Gasteiger partial charge in [0.05, 0.1) is 19.8 Å². The number of carbonyl (C=O) groups excluding carboxylic acids is 1. The lowest BCUT2D eigenvalue weighted by Crippen LogP contribution is -2.46. The molecule has 1 aliphatic rings. The van der Waals surface area contributed by atoms with Crippen LogP contribution in [0.25, 0.3) is 0 Å². The van der Waals surface area contributed by atoms with E-state index in [1.807, 2.05) is 36.9 Å². The first-order valence-corrected chi connectivity index (χ1v) is 10.3. The van der Waals surface area contributed by atoms with Crippen LogP contribution < -0.4 is 20.1 Å². The molecule has 164 valence electrons. The van der Waals surface area contributed by atoms with Crippen LogP contribution in [0.1, 0.15) is 38.7 Å². The van der Waals surface area contributed by atoms with E-state index in [2.05, 4.69) is 15.6 Å². The average Bonchev–Trinajstić information content (AvgIpc) is 2.73. The van der Waals surface area contributed by atoms with Gasteiger partial charge in [0.15, 0.2) is 17.5 Å². The molecular weight excluding hydrogens is 483 g/mol. The van der Waals surface area contributed by atoms with Gasteiger partial charge in [-0.25, -0.2) is 0 Å². The summed E-state index contributed by atoms with van der Waals surface area (Å²) in [6.07, 6.45) is 4.24. The monoisotopic (exact) mass is 518 g/mol. The van der Waals surface area contributed by atoms with Crippen LogP contribution in [-0.2, 0) is 11.2 Å². The smallest absolute Gasteiger partial charge is 0.241 e. The third-order valence-corrected chi connectivity index (χ3v) is 4.65. The van der Waals surface area contributed by atoms with Crippen molar-refractivity contribution in [3.05, 3.63) is 23.8 Å². The lowest BCUT2D eigenvalue weighted by molar-refractivity contribution is -0.130. The van der Waals surface area contributed by atoms with Crippen molar-refractivity contribution in [2.24, 2.45) is 4.99 Å². The average molecular weight is 518 g/mol. The Labute approximate surface area is 191 Å². The van der Waals surface area contributed by atoms with Crippen LogP contribution in [0.4, 0.5) is 0 Å². The molecule has 0 radical (unpaired) electrons. The molecule has 0 spiro atoms. The number of rotatable bonds is 9. The third kappa shape index (κ3) is 8.67. The van der Waals surface area contributed by atoms with Gasteiger partial charge in [-0.1, -0.05) is 6.07 Å². The number of amides is 1. The first kappa shape index (κ1) is 25.3. The maximum atomic E-state index is 12.3. The highest BCUT2D eigenvalue weighted by atomic mass is 127. The Hall–Kier alpha value is -1.71. The van der Waals surface area contributed by atoms with E-state index in [0.29, 0.717) is 25.7 Å². The van der Waals surface area contributed by atoms with Crippen LogP contribution in [0.5, 0.6) is 11.5 Å². The second kappa shape index (κ2) is 14.3. The number of ether oxygens (including phenoxy) is 2. The number of guanidine groups is 1. The molecule has 0 bridgehead atoms. The van der Waals surface area contributed by atoms with Crippen LogP contribution in [-0.4, -0.2) is 63.2 Å². The van der Waals surface area contributed by atoms with Crippen molar-refractivity contribution in [1.82, 2.24) is 15.5 Å². The summed E-state index contributed by atoms with van der Waals surface area (Å²) in [6, 6.07) is 6.02. The van der Waals surface area contributed by atoms with Gasteiger partial charge in [-0.2, -0.15) is 0 Å². The van der Waals surface area contributed by atoms with Gasteiger partial charge in [0, 0.05) is 26.7 Å². The molecule has 0 aliphatic carbocycles. The van der Waals surface area contributed by atoms with Crippen LogP contribution in [0.2, 0.25) is 0 Å². The summed E-state index contributed by atoms with van der Waals surface area (Å²) in [7, 11) is 1.71. The van der Waals surface area contributed by atoms with E-state index in [9.17, 15) is 4.79 Å². The highest BCUT2D eigenvalue weighted by molar-refractivity contribution is 14.0. The van der Waals surface area contributed by atoms with Crippen LogP contribution in [0, 0.1) is 0 Å². The molecule has 8 heteroatoms. The molecule has 0 atom stereocenters. The normalized spacial score (nSPS) is 14.0. The molecule has 0 saturated carbocycles. The van der Waals surface area contributed by atoms with Crippen LogP contribution >= 0.6 is 24.0 Å². The SMILES string of the molecule is CCOc1ccc(CCNC(=NC)NCC(=O)N2CCCCC2)cc1OCC.I. The molecule has 0 aromatic heterocycles. The number of hydrogen-bond acceptors (Lipinski definition) is 4. The van der Waals surface area contributed by atoms with Gasteiger partial charge in [0.2, 0.25) is 5.91 Å². The maximum Gasteiger partial charge on any atom is 0.241 e. The molecule has 1 aromatic carbocycles. The van der Waals surface area contributed by atoms with Crippen LogP contribution in [0.3, 0.4) is 0 Å². The van der Waals surface area contributed by atoms with Gasteiger partial charge in [-0.3, -0.25) is 9.79 Å². The second-order valence-corrected chi connectivity index (χ2v) is 6.69. The zero-order valence-corrected chi connectivity index (χ0v) is 20.2. The Bertz CT molecular complexity index is 649. The number of nitrogens with one attached hydrogen (secondary N) is 2. The molecule has 2 rings (SSSR count). The highest BCUT2D eigenvalue weighted by Crippen LogP contribution is 2.28. The van der Waals surface area contributed by atoms with Gasteiger partial charge in [0.25, 0.3) is 0 Å². The molecule has 1 aliphatic heterocycles. The minimum absolute atomic E-state index is 0. The molecule has 1 amide bonds. The standard InChI is InChI=1S/C21H34N4O3.HI/c1-4-27-18-10-9-17(15-19(18)28-5-2)11-12-23-21(22-3)24-16-20(26)25-13-7-6-8-14-25;/h9-10,15H,4-8,11-14,16H2,1-3H3,(H2,22,23,24);1H. The van der Waals surface area contributed by atoms with Gasteiger partial charge < -0.3 is 25.0 Å². The van der Waals surface area contributed by atoms with Crippen LogP contribution in [0.15, 0.2) is 23.2 Å². The Morgan fingerprint density at radius 2 is 1.76 bits per heavy atom. The Morgan fingerprint density at radius 1 is 1.07 bits per heavy atom. The van der Waals surface area contributed by atoms with Crippen molar-refractivity contribution in [1.29, 1.82) is 0 Å². The Balaban J connectivity index is 0.00000420. The number of hydrogen-bond donors (Lipinski definition) is 2. The second-order valence-electron chi connectivity index (χ2n) is 6.69. The van der Waals surface area contributed by atoms with Gasteiger partial charge in [-0.05, 0) is 57.2 Å². The zero-order chi connectivity index (χ0) is 20.2. The van der Waals surface area contributed by atoms with Gasteiger partial charge in [0.1, 0.15) is 0 Å². The van der Waals surface area contributed by atoms with Crippen molar-refractivity contribution in [3.8, 4) is 11.5 Å². The van der Waals surface area contributed by atoms with E-state index in [4.69, 9.17) is 9.47 Å². The van der Waals surface area contributed by atoms with Gasteiger partial charge in [-0.15, -0.1) is 24.0 Å². The molecule has 7 nitrogen and oxygen atoms in total. The largest absolute Gasteiger partial charge is 0.490 e. The van der Waals surface area contributed by atoms with Crippen molar-refractivity contribution in [2.45, 2.75) is 39.5 Å². The van der Waals surface area contributed by atoms with E-state index < -0.39 is 0 Å². The summed E-state index contributed by atoms with van der Waals surface area (Å²) in [5.41, 5.74) is 1.15. The lowest BCUT2D eigenvalue weighted by atomic mass is 10.1. The number of halogens is 1. The summed E-state index contributed by atoms with van der Waals surface area (Å²) < 4.78 is 11.3. The van der Waals surface area contributed by atoms with Crippen molar-refractivity contribution in [2.75, 3.05) is 46.4 Å². The fourth-order valence-electron chi connectivity index (χ4n) is 3.21. The molecule has 1 aromatic rings. The van der Waals surface area contributed by atoms with Crippen molar-refractivity contribution >= 4 is 35.8 Å². The van der Waals surface area contributed by atoms with E-state index in [0.717, 1.165) is 49.4 Å². The number of aliphatic imine (C=N–C) groups is 1. The fourth-order valence-corrected chi connectivity index (χ4v) is 3.21. The molecule has 29 heavy (non-hydrogen) atoms. The minimum Gasteiger partial charge on any atom is -0.490 e. The Kier molecular flexibility index (Phi) is 12.5. The van der Waals surface area contributed by atoms with E-state index in [1.165, 1.54) is 6.42 Å². The summed E-state index contributed by atoms with van der Waals surface area (Å²) in [5, 5.41) is 6.38. The number of piperidine rings is 1. The first-order chi connectivity index (χ1) is 13.7. The zero-order valence-electron chi connectivity index (χ0n) is 17.8. The predicted octanol–water partition coefficient (Wildman–Crippen LogP) is 2.82. The molecule has 2 N–H and O–H groups in total. The third-order valence-electron chi connectivity index (χ3n) is 4.65. The Morgan fingerprint density at radius 3 is 2.41 bits per heavy atom. The topological polar surface area (TPSA) is 75.2 Å². The van der Waals surface area contributed by atoms with Crippen molar-refractivity contribution in [3.63, 3.8) is 0 Å². The van der Waals surface area contributed by atoms with Gasteiger partial charge >= 0.3 is 0 Å². The lowest BCUT2D eigenvalue weighted by Gasteiger charge is -2.27. The maximum absolute atomic E-state index is 12.3. The van der Waals surface area contributed by atoms with E-state index in [-0.39, 0.29) is 36.4 Å². The van der Waals surface area contributed by atoms with E-state index >= 15 is 0 Å². The molecule has 1 fully saturated rings. The summed E-state index contributed by atoms with van der Waals surface area (Å²) in [6.45, 7) is 7.85. The summed E-state index contributed by atoms with van der Waals surface area (Å²) in [5.74, 6) is 2.32. The molecule has 1 saturated heterocycles. The summed E-state index contributed by atoms with van der Waals surface area (Å²) in [4.78, 5) is 18.4. The quantitative estimate of drug-likeness (QED) is 0.299. The summed E-state index contributed by atoms with van der Waals surface area (Å²) >= 11 is 0. The number of benzene rings is 1. The minimum atomic E-state index is 0. The number of carbonyl (C=O) groups is 1. The number of likely N-dealkylation sites (tertiary alicyclic amines) is 1. The predicted molar refractivity (Wildman–Crippen MR) is 128 cm³/mol. The molecule has 0 unspecified atom stereocenters. The molecule has 1 heterocycles. The van der Waals surface area contributed by atoms with Crippen molar-refractivity contribution < 1.29 is 14.3 Å². The molecular formula is C21H35IN4O3. The number of nitrogens with zero attached hydrogens (tertiary/aromatic N) is 2. The first-order valence-electron chi connectivity index (χ1n) is 10.3.